The van der Waals surface area contributed by atoms with E-state index in [0.717, 1.165) is 45.1 Å². The third kappa shape index (κ3) is 9.95. The van der Waals surface area contributed by atoms with Crippen LogP contribution in [0.5, 0.6) is 0 Å². The summed E-state index contributed by atoms with van der Waals surface area (Å²) in [5.41, 5.74) is 0.598. The van der Waals surface area contributed by atoms with Crippen LogP contribution in [0.25, 0.3) is 0 Å². The van der Waals surface area contributed by atoms with Crippen LogP contribution in [0.1, 0.15) is 45.4 Å². The molecule has 20 heavy (non-hydrogen) atoms. The topological polar surface area (TPSA) is 81.0 Å². The van der Waals surface area contributed by atoms with Crippen molar-refractivity contribution in [3.05, 3.63) is 11.6 Å². The summed E-state index contributed by atoms with van der Waals surface area (Å²) in [5, 5.41) is 25.7. The Morgan fingerprint density at radius 2 is 1.85 bits per heavy atom. The van der Waals surface area contributed by atoms with Crippen LogP contribution in [0.2, 0.25) is 0 Å². The van der Waals surface area contributed by atoms with Crippen LogP contribution in [-0.4, -0.2) is 59.0 Å². The molecule has 0 amide bonds. The lowest BCUT2D eigenvalue weighted by atomic mass is 10.0. The summed E-state index contributed by atoms with van der Waals surface area (Å²) in [4.78, 5) is 12.4. The van der Waals surface area contributed by atoms with E-state index in [1.807, 2.05) is 6.08 Å². The van der Waals surface area contributed by atoms with E-state index in [1.54, 1.807) is 0 Å². The monoisotopic (exact) mass is 287 g/mol. The molecule has 0 saturated heterocycles. The molecule has 1 rings (SSSR count). The molecule has 1 aliphatic rings. The van der Waals surface area contributed by atoms with Gasteiger partial charge in [-0.05, 0) is 38.6 Å². The molecule has 0 spiro atoms. The van der Waals surface area contributed by atoms with Crippen molar-refractivity contribution >= 4 is 5.97 Å². The van der Waals surface area contributed by atoms with Crippen molar-refractivity contribution in [2.24, 2.45) is 0 Å². The van der Waals surface area contributed by atoms with Crippen molar-refractivity contribution in [3.8, 4) is 0 Å². The molecular weight excluding hydrogens is 258 g/mol. The van der Waals surface area contributed by atoms with E-state index >= 15 is 0 Å². The molecule has 0 heterocycles. The number of aliphatic hydroxyl groups is 2. The lowest BCUT2D eigenvalue weighted by Gasteiger charge is -2.19. The summed E-state index contributed by atoms with van der Waals surface area (Å²) in [6.07, 6.45) is 8.02. The third-order valence-corrected chi connectivity index (χ3v) is 3.23. The molecule has 0 unspecified atom stereocenters. The van der Waals surface area contributed by atoms with Gasteiger partial charge in [0, 0.05) is 18.7 Å². The van der Waals surface area contributed by atoms with Gasteiger partial charge >= 0.3 is 5.97 Å². The predicted octanol–water partition coefficient (Wildman–Crippen LogP) is 1.64. The summed E-state index contributed by atoms with van der Waals surface area (Å²) in [5.74, 6) is -0.741. The predicted molar refractivity (Wildman–Crippen MR) is 79.7 cm³/mol. The number of aliphatic hydroxyl groups excluding tert-OH is 2. The van der Waals surface area contributed by atoms with Crippen LogP contribution in [0.3, 0.4) is 0 Å². The van der Waals surface area contributed by atoms with Crippen molar-refractivity contribution in [1.29, 1.82) is 0 Å². The first-order valence-corrected chi connectivity index (χ1v) is 7.52. The molecular formula is C15H29NO4. The number of rotatable bonds is 8. The zero-order valence-electron chi connectivity index (χ0n) is 12.6. The standard InChI is InChI=1S/C8H19NO2.C7H10O2/c1-2-3-4-9(5-7-10)6-8-11;8-7(9)6-4-2-1-3-5-6/h10-11H,2-8H2,1H3;4H,1-3,5H2,(H,8,9). The largest absolute Gasteiger partial charge is 0.478 e. The Bertz CT molecular complexity index is 273. The lowest BCUT2D eigenvalue weighted by Crippen LogP contribution is -2.30. The van der Waals surface area contributed by atoms with E-state index in [4.69, 9.17) is 15.3 Å². The molecule has 118 valence electrons. The van der Waals surface area contributed by atoms with Gasteiger partial charge in [-0.25, -0.2) is 4.79 Å². The molecule has 0 atom stereocenters. The SMILES string of the molecule is CCCCN(CCO)CCO.O=C(O)C1=CCCCC1. The van der Waals surface area contributed by atoms with E-state index in [0.29, 0.717) is 18.7 Å². The molecule has 1 aliphatic carbocycles. The van der Waals surface area contributed by atoms with E-state index in [1.165, 1.54) is 0 Å². The van der Waals surface area contributed by atoms with Gasteiger partial charge in [0.25, 0.3) is 0 Å². The molecule has 0 radical (unpaired) electrons. The molecule has 3 N–H and O–H groups in total. The smallest absolute Gasteiger partial charge is 0.331 e. The molecule has 0 aromatic heterocycles. The fourth-order valence-electron chi connectivity index (χ4n) is 2.03. The van der Waals surface area contributed by atoms with Crippen LogP contribution in [0.15, 0.2) is 11.6 Å². The van der Waals surface area contributed by atoms with Gasteiger partial charge in [0.2, 0.25) is 0 Å². The van der Waals surface area contributed by atoms with Crippen molar-refractivity contribution in [2.75, 3.05) is 32.8 Å². The lowest BCUT2D eigenvalue weighted by molar-refractivity contribution is -0.132. The minimum atomic E-state index is -0.741. The zero-order chi connectivity index (χ0) is 15.2. The third-order valence-electron chi connectivity index (χ3n) is 3.23. The van der Waals surface area contributed by atoms with Crippen LogP contribution >= 0.6 is 0 Å². The number of hydrogen-bond donors (Lipinski definition) is 3. The van der Waals surface area contributed by atoms with Gasteiger partial charge < -0.3 is 15.3 Å². The molecule has 0 aromatic carbocycles. The first-order valence-electron chi connectivity index (χ1n) is 7.52. The number of carboxylic acids is 1. The number of hydrogen-bond acceptors (Lipinski definition) is 4. The fraction of sp³-hybridized carbons (Fsp3) is 0.800. The van der Waals surface area contributed by atoms with Crippen molar-refractivity contribution in [1.82, 2.24) is 4.90 Å². The normalized spacial score (nSPS) is 14.5. The number of allylic oxidation sites excluding steroid dienone is 1. The Labute approximate surface area is 121 Å². The van der Waals surface area contributed by atoms with Crippen molar-refractivity contribution in [3.63, 3.8) is 0 Å². The van der Waals surface area contributed by atoms with E-state index in [-0.39, 0.29) is 13.2 Å². The molecule has 0 aliphatic heterocycles. The quantitative estimate of drug-likeness (QED) is 0.632. The number of carbonyl (C=O) groups is 1. The zero-order valence-corrected chi connectivity index (χ0v) is 12.6. The maximum Gasteiger partial charge on any atom is 0.331 e. The summed E-state index contributed by atoms with van der Waals surface area (Å²) < 4.78 is 0. The summed E-state index contributed by atoms with van der Waals surface area (Å²) >= 11 is 0. The average Bonchev–Trinajstić information content (AvgIpc) is 2.47. The maximum absolute atomic E-state index is 10.3. The molecule has 0 saturated carbocycles. The van der Waals surface area contributed by atoms with E-state index in [9.17, 15) is 4.79 Å². The van der Waals surface area contributed by atoms with Gasteiger partial charge in [0.15, 0.2) is 0 Å². The molecule has 5 nitrogen and oxygen atoms in total. The Morgan fingerprint density at radius 1 is 1.20 bits per heavy atom. The Hall–Kier alpha value is -0.910. The van der Waals surface area contributed by atoms with Gasteiger partial charge in [-0.2, -0.15) is 0 Å². The van der Waals surface area contributed by atoms with Gasteiger partial charge in [-0.1, -0.05) is 19.4 Å². The number of unbranched alkanes of at least 4 members (excludes halogenated alkanes) is 1. The summed E-state index contributed by atoms with van der Waals surface area (Å²) in [6.45, 7) is 4.85. The Balaban J connectivity index is 0.000000367. The number of nitrogens with zero attached hydrogens (tertiary/aromatic N) is 1. The Kier molecular flexibility index (Phi) is 12.5. The summed E-state index contributed by atoms with van der Waals surface area (Å²) in [6, 6.07) is 0. The molecule has 5 heteroatoms. The average molecular weight is 287 g/mol. The molecule has 0 bridgehead atoms. The minimum Gasteiger partial charge on any atom is -0.478 e. The van der Waals surface area contributed by atoms with Gasteiger partial charge in [0.05, 0.1) is 13.2 Å². The van der Waals surface area contributed by atoms with Gasteiger partial charge in [0.1, 0.15) is 0 Å². The van der Waals surface area contributed by atoms with E-state index < -0.39 is 5.97 Å². The van der Waals surface area contributed by atoms with E-state index in [2.05, 4.69) is 11.8 Å². The minimum absolute atomic E-state index is 0.184. The van der Waals surface area contributed by atoms with Crippen molar-refractivity contribution < 1.29 is 20.1 Å². The summed E-state index contributed by atoms with van der Waals surface area (Å²) in [7, 11) is 0. The first kappa shape index (κ1) is 19.1. The maximum atomic E-state index is 10.3. The second kappa shape index (κ2) is 13.1. The second-order valence-electron chi connectivity index (χ2n) is 4.92. The van der Waals surface area contributed by atoms with Crippen LogP contribution in [-0.2, 0) is 4.79 Å². The Morgan fingerprint density at radius 3 is 2.20 bits per heavy atom. The number of carboxylic acid groups (broad SMARTS) is 1. The van der Waals surface area contributed by atoms with Crippen LogP contribution in [0.4, 0.5) is 0 Å². The highest BCUT2D eigenvalue weighted by Crippen LogP contribution is 2.16. The van der Waals surface area contributed by atoms with Gasteiger partial charge in [-0.3, -0.25) is 4.90 Å². The first-order chi connectivity index (χ1) is 9.65. The molecule has 0 aromatic rings. The highest BCUT2D eigenvalue weighted by Gasteiger charge is 2.08. The van der Waals surface area contributed by atoms with Crippen LogP contribution < -0.4 is 0 Å². The second-order valence-corrected chi connectivity index (χ2v) is 4.92. The fourth-order valence-corrected chi connectivity index (χ4v) is 2.03. The van der Waals surface area contributed by atoms with Crippen LogP contribution in [0, 0.1) is 0 Å². The highest BCUT2D eigenvalue weighted by atomic mass is 16.4. The number of aliphatic carboxylic acids is 1. The van der Waals surface area contributed by atoms with Gasteiger partial charge in [-0.15, -0.1) is 0 Å². The highest BCUT2D eigenvalue weighted by molar-refractivity contribution is 5.86. The van der Waals surface area contributed by atoms with Crippen molar-refractivity contribution in [2.45, 2.75) is 45.4 Å². The molecule has 0 fully saturated rings.